The van der Waals surface area contributed by atoms with E-state index in [1.807, 2.05) is 96.9 Å². The van der Waals surface area contributed by atoms with Crippen LogP contribution in [-0.4, -0.2) is 85.7 Å². The van der Waals surface area contributed by atoms with Crippen molar-refractivity contribution in [1.29, 1.82) is 0 Å². The van der Waals surface area contributed by atoms with Crippen molar-refractivity contribution in [2.45, 2.75) is 307 Å². The van der Waals surface area contributed by atoms with E-state index < -0.39 is 0 Å². The van der Waals surface area contributed by atoms with Gasteiger partial charge in [-0.05, 0) is 125 Å². The standard InChI is InChI=1S/C9H18.C8H17N.C8H16O.3C6H10N2O.3C6H10N2S.C3H8.2C2H6/c1-8(2)9-6-4-3-5-7-9;1-7(2)8-3-5-9-6-4-8;1-7(2)8-4-3-5-9-6-8;1-4(2)6-8-7-5(3)9-6;1-4(2)6-7-5(3)9-8-6;1-4(2)6-7-5(3)8-9-6;1-4(2)6-8-7-5(3)9-6;1-4(2)6-7-5(3)9-8-6;1-4(2)6-7-5(3)8-9-6;1-3-2;2*1-2/h8-9H,3-7H2,1-2H3;7-9H,3-6H2,1-2H3;7-8H,3-6H2,1-2H3;6*4H,1-3H3;3H2,1-2H3;2*1-2H3. The van der Waals surface area contributed by atoms with Gasteiger partial charge in [0.2, 0.25) is 23.6 Å². The molecule has 1 atom stereocenters. The van der Waals surface area contributed by atoms with Crippen molar-refractivity contribution in [2.24, 2.45) is 35.5 Å². The van der Waals surface area contributed by atoms with E-state index in [9.17, 15) is 0 Å². The van der Waals surface area contributed by atoms with Gasteiger partial charge >= 0.3 is 0 Å². The SMILES string of the molecule is CC.CC.CC(C)C1CCCCC1.CC(C)C1CCCOC1.CC(C)C1CCNCC1.CCC.Cc1nc(C(C)C)no1.Cc1nc(C(C)C)ns1.Cc1nnc(C(C)C)o1.Cc1nnc(C(C)C)s1.Cc1noc(C(C)C)n1.Cc1nsc(C(C)C)n1. The van der Waals surface area contributed by atoms with Gasteiger partial charge in [-0.1, -0.05) is 215 Å². The number of aromatic nitrogens is 12. The number of ether oxygens (including phenoxy) is 1. The second-order valence-electron chi connectivity index (χ2n) is 24.9. The number of rotatable bonds is 9. The van der Waals surface area contributed by atoms with E-state index in [0.29, 0.717) is 64.9 Å². The average Bonchev–Trinajstić information content (AvgIpc) is 4.43. The van der Waals surface area contributed by atoms with Crippen LogP contribution in [0.25, 0.3) is 0 Å². The predicted molar refractivity (Wildman–Crippen MR) is 374 cm³/mol. The molecule has 510 valence electrons. The van der Waals surface area contributed by atoms with Gasteiger partial charge in [0.15, 0.2) is 11.6 Å². The Bertz CT molecular complexity index is 2040. The Labute approximate surface area is 550 Å². The molecule has 1 aliphatic carbocycles. The van der Waals surface area contributed by atoms with E-state index in [4.69, 9.17) is 18.2 Å². The fourth-order valence-electron chi connectivity index (χ4n) is 7.89. The Hall–Kier alpha value is -3.98. The van der Waals surface area contributed by atoms with E-state index in [-0.39, 0.29) is 0 Å². The third kappa shape index (κ3) is 44.5. The molecule has 8 heterocycles. The summed E-state index contributed by atoms with van der Waals surface area (Å²) in [7, 11) is 0. The molecule has 9 rings (SSSR count). The van der Waals surface area contributed by atoms with Crippen molar-refractivity contribution in [3.05, 3.63) is 66.9 Å². The van der Waals surface area contributed by atoms with Gasteiger partial charge in [-0.3, -0.25) is 0 Å². The van der Waals surface area contributed by atoms with Gasteiger partial charge in [0.1, 0.15) is 31.7 Å². The summed E-state index contributed by atoms with van der Waals surface area (Å²) in [6.07, 6.45) is 14.1. The van der Waals surface area contributed by atoms with Crippen molar-refractivity contribution < 1.29 is 18.2 Å². The zero-order valence-corrected chi connectivity index (χ0v) is 64.0. The van der Waals surface area contributed by atoms with Crippen LogP contribution in [0.3, 0.4) is 0 Å². The molecule has 1 unspecified atom stereocenters. The van der Waals surface area contributed by atoms with Crippen LogP contribution in [-0.2, 0) is 4.74 Å². The van der Waals surface area contributed by atoms with E-state index >= 15 is 0 Å². The molecule has 6 aromatic heterocycles. The molecule has 0 spiro atoms. The summed E-state index contributed by atoms with van der Waals surface area (Å²) in [6.45, 7) is 66.8. The van der Waals surface area contributed by atoms with Crippen molar-refractivity contribution in [2.75, 3.05) is 26.3 Å². The Morgan fingerprint density at radius 2 is 0.966 bits per heavy atom. The summed E-state index contributed by atoms with van der Waals surface area (Å²) < 4.78 is 28.3. The zero-order chi connectivity index (χ0) is 67.9. The van der Waals surface area contributed by atoms with Crippen LogP contribution in [0.1, 0.15) is 333 Å². The zero-order valence-electron chi connectivity index (χ0n) is 61.6. The quantitative estimate of drug-likeness (QED) is 0.142. The molecule has 1 N–H and O–H groups in total. The Morgan fingerprint density at radius 3 is 1.20 bits per heavy atom. The molecule has 0 aromatic carbocycles. The highest BCUT2D eigenvalue weighted by atomic mass is 32.1. The lowest BCUT2D eigenvalue weighted by Gasteiger charge is -2.25. The summed E-state index contributed by atoms with van der Waals surface area (Å²) in [4.78, 5) is 16.5. The number of aryl methyl sites for hydroxylation is 6. The van der Waals surface area contributed by atoms with Crippen molar-refractivity contribution in [1.82, 2.24) is 64.7 Å². The highest BCUT2D eigenvalue weighted by Gasteiger charge is 2.18. The largest absolute Gasteiger partial charge is 0.425 e. The second-order valence-corrected chi connectivity index (χ2v) is 27.8. The first-order chi connectivity index (χ1) is 41.5. The molecule has 0 bridgehead atoms. The lowest BCUT2D eigenvalue weighted by atomic mass is 9.82. The minimum Gasteiger partial charge on any atom is -0.425 e. The molecule has 3 fully saturated rings. The van der Waals surface area contributed by atoms with E-state index in [0.717, 1.165) is 86.2 Å². The van der Waals surface area contributed by atoms with Gasteiger partial charge in [-0.15, -0.1) is 31.7 Å². The van der Waals surface area contributed by atoms with Gasteiger partial charge in [-0.2, -0.15) is 18.7 Å². The second kappa shape index (κ2) is 53.7. The van der Waals surface area contributed by atoms with Crippen LogP contribution in [0.15, 0.2) is 13.5 Å². The minimum atomic E-state index is 0.339. The minimum absolute atomic E-state index is 0.339. The Morgan fingerprint density at radius 1 is 0.443 bits per heavy atom. The van der Waals surface area contributed by atoms with Crippen molar-refractivity contribution in [3.63, 3.8) is 0 Å². The summed E-state index contributed by atoms with van der Waals surface area (Å²) >= 11 is 4.64. The maximum Gasteiger partial charge on any atom is 0.229 e. The average molecular weight is 1290 g/mol. The highest BCUT2D eigenvalue weighted by Crippen LogP contribution is 2.29. The van der Waals surface area contributed by atoms with Crippen LogP contribution in [0.2, 0.25) is 0 Å². The number of nitrogens with zero attached hydrogens (tertiary/aromatic N) is 12. The summed E-state index contributed by atoms with van der Waals surface area (Å²) in [6, 6.07) is 0. The first-order valence-electron chi connectivity index (χ1n) is 33.6. The molecule has 17 nitrogen and oxygen atoms in total. The van der Waals surface area contributed by atoms with Crippen molar-refractivity contribution >= 4 is 34.4 Å². The molecule has 88 heavy (non-hydrogen) atoms. The molecule has 1 saturated carbocycles. The molecule has 20 heteroatoms. The smallest absolute Gasteiger partial charge is 0.229 e. The third-order valence-electron chi connectivity index (χ3n) is 13.3. The molecule has 0 amide bonds. The molecule has 0 radical (unpaired) electrons. The van der Waals surface area contributed by atoms with Crippen LogP contribution in [0.4, 0.5) is 0 Å². The number of nitrogens with one attached hydrogen (secondary N) is 1. The fourth-order valence-corrected chi connectivity index (χ4v) is 9.85. The third-order valence-corrected chi connectivity index (χ3v) is 16.2. The summed E-state index contributed by atoms with van der Waals surface area (Å²) in [5, 5.41) is 30.5. The molecule has 3 aliphatic rings. The van der Waals surface area contributed by atoms with Gasteiger partial charge in [-0.25, -0.2) is 9.97 Å². The normalized spacial score (nSPS) is 14.6. The van der Waals surface area contributed by atoms with Crippen LogP contribution in [0, 0.1) is 77.0 Å². The van der Waals surface area contributed by atoms with Gasteiger partial charge in [0, 0.05) is 62.6 Å². The number of hydrogen-bond donors (Lipinski definition) is 1. The molecular weight excluding hydrogens is 1160 g/mol. The monoisotopic (exact) mass is 1290 g/mol. The number of hydrogen-bond acceptors (Lipinski definition) is 20. The molecule has 2 saturated heterocycles. The van der Waals surface area contributed by atoms with Gasteiger partial charge in [0.25, 0.3) is 0 Å². The van der Waals surface area contributed by atoms with Crippen LogP contribution < -0.4 is 5.32 Å². The molecule has 2 aliphatic heterocycles. The van der Waals surface area contributed by atoms with E-state index in [1.165, 1.54) is 100 Å². The first-order valence-corrected chi connectivity index (χ1v) is 36.0. The Balaban J connectivity index is -0.000000911. The maximum absolute atomic E-state index is 5.34. The summed E-state index contributed by atoms with van der Waals surface area (Å²) in [5.41, 5.74) is 0. The molecule has 6 aromatic rings. The van der Waals surface area contributed by atoms with Gasteiger partial charge in [0.05, 0.1) is 0 Å². The van der Waals surface area contributed by atoms with E-state index in [2.05, 4.69) is 162 Å². The highest BCUT2D eigenvalue weighted by molar-refractivity contribution is 7.11. The lowest BCUT2D eigenvalue weighted by Crippen LogP contribution is -2.29. The topological polar surface area (TPSA) is 215 Å². The van der Waals surface area contributed by atoms with Gasteiger partial charge < -0.3 is 23.5 Å². The Kier molecular flexibility index (Phi) is 53.8. The molecular formula is C68H131N13O4S3. The van der Waals surface area contributed by atoms with Crippen LogP contribution in [0.5, 0.6) is 0 Å². The first kappa shape index (κ1) is 88.2. The lowest BCUT2D eigenvalue weighted by molar-refractivity contribution is 0.0373. The van der Waals surface area contributed by atoms with Crippen LogP contribution >= 0.6 is 34.4 Å². The van der Waals surface area contributed by atoms with E-state index in [1.54, 1.807) is 25.2 Å². The fraction of sp³-hybridized carbons (Fsp3) is 0.824. The van der Waals surface area contributed by atoms with Crippen molar-refractivity contribution in [3.8, 4) is 0 Å². The maximum atomic E-state index is 5.34. The predicted octanol–water partition coefficient (Wildman–Crippen LogP) is 20.8. The summed E-state index contributed by atoms with van der Waals surface area (Å²) in [5.74, 6) is 14.1. The number of piperidine rings is 1.